The van der Waals surface area contributed by atoms with Gasteiger partial charge >= 0.3 is 0 Å². The summed E-state index contributed by atoms with van der Waals surface area (Å²) in [5.41, 5.74) is 0.763. The number of benzene rings is 2. The number of nitrogens with zero attached hydrogens (tertiary/aromatic N) is 1. The van der Waals surface area contributed by atoms with Gasteiger partial charge in [-0.2, -0.15) is 0 Å². The number of phenols is 1. The highest BCUT2D eigenvalue weighted by Gasteiger charge is 2.39. The maximum atomic E-state index is 13.3. The van der Waals surface area contributed by atoms with Crippen molar-refractivity contribution in [2.75, 3.05) is 37.8 Å². The first kappa shape index (κ1) is 19.5. The summed E-state index contributed by atoms with van der Waals surface area (Å²) in [5, 5.41) is 10.5. The Morgan fingerprint density at radius 2 is 2.00 bits per heavy atom. The number of carbonyl (C=O) groups is 1. The van der Waals surface area contributed by atoms with E-state index in [1.807, 2.05) is 0 Å². The van der Waals surface area contributed by atoms with Crippen molar-refractivity contribution < 1.29 is 28.5 Å². The number of phenolic OH excluding ortho intramolecular Hbond substituents is 1. The van der Waals surface area contributed by atoms with Crippen LogP contribution < -0.4 is 14.4 Å². The average Bonchev–Trinajstić information content (AvgIpc) is 2.67. The zero-order valence-electron chi connectivity index (χ0n) is 16.5. The second kappa shape index (κ2) is 7.55. The normalized spacial score (nSPS) is 21.5. The van der Waals surface area contributed by atoms with Crippen molar-refractivity contribution in [1.29, 1.82) is 0 Å². The van der Waals surface area contributed by atoms with Gasteiger partial charge in [0, 0.05) is 30.9 Å². The molecule has 0 aliphatic carbocycles. The molecule has 0 radical (unpaired) electrons. The first-order valence-corrected chi connectivity index (χ1v) is 9.65. The summed E-state index contributed by atoms with van der Waals surface area (Å²) in [7, 11) is 0. The highest BCUT2D eigenvalue weighted by atomic mass is 19.1. The largest absolute Gasteiger partial charge is 0.507 e. The maximum Gasteiger partial charge on any atom is 0.174 e. The van der Waals surface area contributed by atoms with Crippen LogP contribution in [0.2, 0.25) is 0 Å². The summed E-state index contributed by atoms with van der Waals surface area (Å²) in [6, 6.07) is 7.69. The number of aromatic hydroxyl groups is 1. The van der Waals surface area contributed by atoms with E-state index in [0.29, 0.717) is 43.4 Å². The van der Waals surface area contributed by atoms with E-state index in [1.54, 1.807) is 32.0 Å². The van der Waals surface area contributed by atoms with Crippen LogP contribution in [-0.4, -0.2) is 49.4 Å². The Hall–Kier alpha value is -2.80. The minimum absolute atomic E-state index is 0.0741. The van der Waals surface area contributed by atoms with Crippen LogP contribution in [0.5, 0.6) is 17.2 Å². The molecule has 154 valence electrons. The van der Waals surface area contributed by atoms with Crippen molar-refractivity contribution in [1.82, 2.24) is 0 Å². The molecule has 1 fully saturated rings. The molecule has 1 saturated heterocycles. The predicted octanol–water partition coefficient (Wildman–Crippen LogP) is 3.48. The van der Waals surface area contributed by atoms with Gasteiger partial charge in [0.25, 0.3) is 0 Å². The number of Topliss-reactive ketones (excluding diaryl/α,β-unsaturated/α-hetero) is 1. The van der Waals surface area contributed by atoms with E-state index < -0.39 is 5.60 Å². The van der Waals surface area contributed by atoms with Crippen LogP contribution in [0.3, 0.4) is 0 Å². The number of ether oxygens (including phenoxy) is 3. The number of anilines is 1. The van der Waals surface area contributed by atoms with Gasteiger partial charge in [0.05, 0.1) is 19.6 Å². The van der Waals surface area contributed by atoms with E-state index in [1.165, 1.54) is 12.1 Å². The number of ketones is 1. The Morgan fingerprint density at radius 1 is 1.24 bits per heavy atom. The third-order valence-corrected chi connectivity index (χ3v) is 5.28. The fourth-order valence-electron chi connectivity index (χ4n) is 3.77. The monoisotopic (exact) mass is 401 g/mol. The zero-order valence-corrected chi connectivity index (χ0v) is 16.5. The first-order valence-electron chi connectivity index (χ1n) is 9.65. The fraction of sp³-hybridized carbons (Fsp3) is 0.409. The number of morpholine rings is 1. The van der Waals surface area contributed by atoms with E-state index in [-0.39, 0.29) is 35.9 Å². The Labute approximate surface area is 168 Å². The Kier molecular flexibility index (Phi) is 5.08. The number of hydrogen-bond donors (Lipinski definition) is 1. The van der Waals surface area contributed by atoms with Crippen LogP contribution in [0.25, 0.3) is 0 Å². The van der Waals surface area contributed by atoms with Crippen LogP contribution >= 0.6 is 0 Å². The van der Waals surface area contributed by atoms with Gasteiger partial charge in [-0.3, -0.25) is 4.79 Å². The van der Waals surface area contributed by atoms with Crippen molar-refractivity contribution >= 4 is 11.5 Å². The highest BCUT2D eigenvalue weighted by molar-refractivity contribution is 6.03. The van der Waals surface area contributed by atoms with Crippen molar-refractivity contribution in [2.24, 2.45) is 0 Å². The van der Waals surface area contributed by atoms with Crippen LogP contribution in [0, 0.1) is 12.7 Å². The minimum Gasteiger partial charge on any atom is -0.507 e. The molecule has 0 spiro atoms. The van der Waals surface area contributed by atoms with Gasteiger partial charge < -0.3 is 24.2 Å². The Balaban J connectivity index is 1.57. The lowest BCUT2D eigenvalue weighted by Gasteiger charge is -2.36. The molecule has 4 rings (SSSR count). The lowest BCUT2D eigenvalue weighted by atomic mass is 9.91. The average molecular weight is 401 g/mol. The second-order valence-corrected chi connectivity index (χ2v) is 7.79. The summed E-state index contributed by atoms with van der Waals surface area (Å²) in [6.07, 6.45) is 0.0741. The number of aryl methyl sites for hydroxylation is 1. The van der Waals surface area contributed by atoms with Crippen LogP contribution in [0.15, 0.2) is 30.3 Å². The fourth-order valence-corrected chi connectivity index (χ4v) is 3.77. The van der Waals surface area contributed by atoms with Gasteiger partial charge in [0.2, 0.25) is 0 Å². The van der Waals surface area contributed by atoms with Gasteiger partial charge in [-0.05, 0) is 37.6 Å². The molecule has 2 aromatic carbocycles. The Bertz CT molecular complexity index is 941. The third-order valence-electron chi connectivity index (χ3n) is 5.28. The second-order valence-electron chi connectivity index (χ2n) is 7.79. The standard InChI is InChI=1S/C22H24FNO5/c1-14-9-15(23)3-4-19(14)28-13-22(2)12-18(26)21-17(25)10-16(11-20(21)29-22)24-5-7-27-8-6-24/h3-4,9-11,25H,5-8,12-13H2,1-2H3. The maximum absolute atomic E-state index is 13.3. The smallest absolute Gasteiger partial charge is 0.174 e. The minimum atomic E-state index is -0.902. The summed E-state index contributed by atoms with van der Waals surface area (Å²) in [4.78, 5) is 14.8. The molecule has 2 aliphatic heterocycles. The SMILES string of the molecule is Cc1cc(F)ccc1OCC1(C)CC(=O)c2c(O)cc(N3CCOCC3)cc2O1. The van der Waals surface area contributed by atoms with Crippen molar-refractivity contribution in [2.45, 2.75) is 25.9 Å². The zero-order chi connectivity index (χ0) is 20.6. The lowest BCUT2D eigenvalue weighted by Crippen LogP contribution is -2.44. The number of halogens is 1. The molecule has 2 heterocycles. The molecular weight excluding hydrogens is 377 g/mol. The molecule has 6 nitrogen and oxygen atoms in total. The van der Waals surface area contributed by atoms with E-state index in [9.17, 15) is 14.3 Å². The van der Waals surface area contributed by atoms with Crippen molar-refractivity contribution in [3.05, 3.63) is 47.3 Å². The number of fused-ring (bicyclic) bond motifs is 1. The quantitative estimate of drug-likeness (QED) is 0.846. The van der Waals surface area contributed by atoms with Gasteiger partial charge in [0.15, 0.2) is 5.78 Å². The molecule has 0 amide bonds. The van der Waals surface area contributed by atoms with Gasteiger partial charge in [-0.25, -0.2) is 4.39 Å². The molecule has 2 aromatic rings. The van der Waals surface area contributed by atoms with E-state index in [0.717, 1.165) is 5.69 Å². The summed E-state index contributed by atoms with van der Waals surface area (Å²) < 4.78 is 30.7. The molecule has 0 saturated carbocycles. The summed E-state index contributed by atoms with van der Waals surface area (Å²) in [5.74, 6) is 0.291. The molecule has 1 N–H and O–H groups in total. The lowest BCUT2D eigenvalue weighted by molar-refractivity contribution is 0.0184. The van der Waals surface area contributed by atoms with Gasteiger partial charge in [-0.1, -0.05) is 0 Å². The molecular formula is C22H24FNO5. The number of carbonyl (C=O) groups excluding carboxylic acids is 1. The summed E-state index contributed by atoms with van der Waals surface area (Å²) in [6.45, 7) is 6.31. The van der Waals surface area contributed by atoms with Crippen molar-refractivity contribution in [3.63, 3.8) is 0 Å². The topological polar surface area (TPSA) is 68.2 Å². The van der Waals surface area contributed by atoms with E-state index >= 15 is 0 Å². The van der Waals surface area contributed by atoms with Crippen LogP contribution in [0.1, 0.15) is 29.3 Å². The molecule has 0 bridgehead atoms. The molecule has 0 aromatic heterocycles. The van der Waals surface area contributed by atoms with E-state index in [2.05, 4.69) is 4.90 Å². The van der Waals surface area contributed by atoms with Gasteiger partial charge in [-0.15, -0.1) is 0 Å². The number of rotatable bonds is 4. The van der Waals surface area contributed by atoms with Crippen molar-refractivity contribution in [3.8, 4) is 17.2 Å². The predicted molar refractivity (Wildman–Crippen MR) is 106 cm³/mol. The van der Waals surface area contributed by atoms with Crippen LogP contribution in [0.4, 0.5) is 10.1 Å². The molecule has 1 atom stereocenters. The highest BCUT2D eigenvalue weighted by Crippen LogP contribution is 2.41. The Morgan fingerprint density at radius 3 is 2.72 bits per heavy atom. The third kappa shape index (κ3) is 4.00. The summed E-state index contributed by atoms with van der Waals surface area (Å²) >= 11 is 0. The molecule has 7 heteroatoms. The molecule has 29 heavy (non-hydrogen) atoms. The first-order chi connectivity index (χ1) is 13.8. The van der Waals surface area contributed by atoms with Crippen LogP contribution in [-0.2, 0) is 4.74 Å². The number of hydrogen-bond acceptors (Lipinski definition) is 6. The van der Waals surface area contributed by atoms with Gasteiger partial charge in [0.1, 0.15) is 40.8 Å². The molecule has 2 aliphatic rings. The molecule has 1 unspecified atom stereocenters. The van der Waals surface area contributed by atoms with E-state index in [4.69, 9.17) is 14.2 Å².